The smallest absolute Gasteiger partial charge is 0.159 e. The highest BCUT2D eigenvalue weighted by Gasteiger charge is 2.29. The summed E-state index contributed by atoms with van der Waals surface area (Å²) in [6.45, 7) is 2.22. The van der Waals surface area contributed by atoms with Crippen molar-refractivity contribution in [1.29, 1.82) is 0 Å². The summed E-state index contributed by atoms with van der Waals surface area (Å²) in [5, 5.41) is 0. The highest BCUT2D eigenvalue weighted by Crippen LogP contribution is 2.33. The molecular formula is C17H25F2N. The fourth-order valence-corrected chi connectivity index (χ4v) is 3.43. The first-order valence-electron chi connectivity index (χ1n) is 7.75. The highest BCUT2D eigenvalue weighted by molar-refractivity contribution is 5.20. The monoisotopic (exact) mass is 281 g/mol. The Kier molecular flexibility index (Phi) is 5.14. The SMILES string of the molecule is CCCC1CCCC(N)(Cc2ccc(F)c(F)c2)CC1. The van der Waals surface area contributed by atoms with E-state index in [4.69, 9.17) is 5.73 Å². The zero-order valence-electron chi connectivity index (χ0n) is 12.3. The number of rotatable bonds is 4. The highest BCUT2D eigenvalue weighted by atomic mass is 19.2. The van der Waals surface area contributed by atoms with E-state index >= 15 is 0 Å². The number of nitrogens with two attached hydrogens (primary N) is 1. The van der Waals surface area contributed by atoms with Crippen LogP contribution in [0.1, 0.15) is 57.4 Å². The van der Waals surface area contributed by atoms with Gasteiger partial charge in [0.25, 0.3) is 0 Å². The van der Waals surface area contributed by atoms with Crippen molar-refractivity contribution in [2.75, 3.05) is 0 Å². The summed E-state index contributed by atoms with van der Waals surface area (Å²) in [4.78, 5) is 0. The van der Waals surface area contributed by atoms with Crippen molar-refractivity contribution >= 4 is 0 Å². The second-order valence-corrected chi connectivity index (χ2v) is 6.37. The van der Waals surface area contributed by atoms with E-state index in [0.717, 1.165) is 37.2 Å². The first-order chi connectivity index (χ1) is 9.52. The molecule has 112 valence electrons. The average Bonchev–Trinajstić information content (AvgIpc) is 2.57. The van der Waals surface area contributed by atoms with E-state index in [9.17, 15) is 8.78 Å². The maximum atomic E-state index is 13.3. The fraction of sp³-hybridized carbons (Fsp3) is 0.647. The third-order valence-electron chi connectivity index (χ3n) is 4.57. The van der Waals surface area contributed by atoms with Gasteiger partial charge in [0, 0.05) is 5.54 Å². The maximum Gasteiger partial charge on any atom is 0.159 e. The van der Waals surface area contributed by atoms with Crippen molar-refractivity contribution in [2.24, 2.45) is 11.7 Å². The second kappa shape index (κ2) is 6.66. The third-order valence-corrected chi connectivity index (χ3v) is 4.57. The van der Waals surface area contributed by atoms with Crippen molar-refractivity contribution < 1.29 is 8.78 Å². The zero-order chi connectivity index (χ0) is 14.6. The molecule has 1 nitrogen and oxygen atoms in total. The minimum Gasteiger partial charge on any atom is -0.325 e. The van der Waals surface area contributed by atoms with Crippen molar-refractivity contribution in [3.8, 4) is 0 Å². The summed E-state index contributed by atoms with van der Waals surface area (Å²) in [5.74, 6) is -0.775. The van der Waals surface area contributed by atoms with Crippen LogP contribution in [-0.2, 0) is 6.42 Å². The molecule has 0 radical (unpaired) electrons. The van der Waals surface area contributed by atoms with Crippen molar-refractivity contribution in [1.82, 2.24) is 0 Å². The Morgan fingerprint density at radius 1 is 1.20 bits per heavy atom. The predicted molar refractivity (Wildman–Crippen MR) is 78.5 cm³/mol. The van der Waals surface area contributed by atoms with Crippen LogP contribution in [0.15, 0.2) is 18.2 Å². The molecule has 1 aliphatic carbocycles. The Balaban J connectivity index is 2.01. The van der Waals surface area contributed by atoms with E-state index in [2.05, 4.69) is 6.92 Å². The van der Waals surface area contributed by atoms with E-state index in [1.807, 2.05) is 0 Å². The summed E-state index contributed by atoms with van der Waals surface area (Å²) < 4.78 is 26.3. The van der Waals surface area contributed by atoms with Gasteiger partial charge >= 0.3 is 0 Å². The van der Waals surface area contributed by atoms with Gasteiger partial charge in [-0.1, -0.05) is 38.7 Å². The van der Waals surface area contributed by atoms with Gasteiger partial charge in [0.1, 0.15) is 0 Å². The molecule has 0 aromatic heterocycles. The van der Waals surface area contributed by atoms with Crippen LogP contribution in [0.2, 0.25) is 0 Å². The molecule has 2 N–H and O–H groups in total. The first-order valence-corrected chi connectivity index (χ1v) is 7.75. The lowest BCUT2D eigenvalue weighted by Crippen LogP contribution is -2.41. The van der Waals surface area contributed by atoms with Gasteiger partial charge in [-0.2, -0.15) is 0 Å². The van der Waals surface area contributed by atoms with Crippen LogP contribution in [0, 0.1) is 17.6 Å². The summed E-state index contributed by atoms with van der Waals surface area (Å²) in [6.07, 6.45) is 8.67. The molecule has 0 saturated heterocycles. The van der Waals surface area contributed by atoms with Gasteiger partial charge in [0.05, 0.1) is 0 Å². The van der Waals surface area contributed by atoms with Gasteiger partial charge in [-0.05, 0) is 49.3 Å². The van der Waals surface area contributed by atoms with E-state index in [0.29, 0.717) is 6.42 Å². The molecular weight excluding hydrogens is 256 g/mol. The molecule has 0 amide bonds. The van der Waals surface area contributed by atoms with Gasteiger partial charge in [-0.25, -0.2) is 8.78 Å². The minimum atomic E-state index is -0.788. The summed E-state index contributed by atoms with van der Waals surface area (Å²) >= 11 is 0. The van der Waals surface area contributed by atoms with Gasteiger partial charge < -0.3 is 5.73 Å². The van der Waals surface area contributed by atoms with E-state index in [1.54, 1.807) is 6.07 Å². The molecule has 0 heterocycles. The molecule has 1 aromatic rings. The fourth-order valence-electron chi connectivity index (χ4n) is 3.43. The van der Waals surface area contributed by atoms with Gasteiger partial charge in [0.15, 0.2) is 11.6 Å². The Morgan fingerprint density at radius 3 is 2.70 bits per heavy atom. The van der Waals surface area contributed by atoms with Crippen molar-refractivity contribution in [3.63, 3.8) is 0 Å². The van der Waals surface area contributed by atoms with Crippen molar-refractivity contribution in [2.45, 2.75) is 63.8 Å². The van der Waals surface area contributed by atoms with Crippen LogP contribution in [-0.4, -0.2) is 5.54 Å². The molecule has 0 aliphatic heterocycles. The molecule has 2 atom stereocenters. The third kappa shape index (κ3) is 4.02. The Hall–Kier alpha value is -0.960. The van der Waals surface area contributed by atoms with E-state index < -0.39 is 11.6 Å². The van der Waals surface area contributed by atoms with Crippen LogP contribution >= 0.6 is 0 Å². The summed E-state index contributed by atoms with van der Waals surface area (Å²) in [5.41, 5.74) is 7.07. The largest absolute Gasteiger partial charge is 0.325 e. The molecule has 2 unspecified atom stereocenters. The van der Waals surface area contributed by atoms with E-state index in [1.165, 1.54) is 31.4 Å². The molecule has 1 aliphatic rings. The summed E-state index contributed by atoms with van der Waals surface area (Å²) in [7, 11) is 0. The molecule has 3 heteroatoms. The predicted octanol–water partition coefficient (Wildman–Crippen LogP) is 4.59. The topological polar surface area (TPSA) is 26.0 Å². The Morgan fingerprint density at radius 2 is 2.00 bits per heavy atom. The second-order valence-electron chi connectivity index (χ2n) is 6.37. The van der Waals surface area contributed by atoms with Crippen molar-refractivity contribution in [3.05, 3.63) is 35.4 Å². The Bertz CT molecular complexity index is 447. The number of hydrogen-bond acceptors (Lipinski definition) is 1. The normalized spacial score (nSPS) is 27.3. The summed E-state index contributed by atoms with van der Waals surface area (Å²) in [6, 6.07) is 4.14. The molecule has 1 saturated carbocycles. The molecule has 1 aromatic carbocycles. The van der Waals surface area contributed by atoms with Crippen LogP contribution in [0.3, 0.4) is 0 Å². The first kappa shape index (κ1) is 15.4. The lowest BCUT2D eigenvalue weighted by atomic mass is 9.84. The number of benzene rings is 1. The van der Waals surface area contributed by atoms with Crippen LogP contribution in [0.4, 0.5) is 8.78 Å². The van der Waals surface area contributed by atoms with Gasteiger partial charge in [0.2, 0.25) is 0 Å². The molecule has 0 spiro atoms. The molecule has 2 rings (SSSR count). The quantitative estimate of drug-likeness (QED) is 0.803. The van der Waals surface area contributed by atoms with E-state index in [-0.39, 0.29) is 5.54 Å². The average molecular weight is 281 g/mol. The molecule has 20 heavy (non-hydrogen) atoms. The lowest BCUT2D eigenvalue weighted by molar-refractivity contribution is 0.354. The van der Waals surface area contributed by atoms with Gasteiger partial charge in [-0.15, -0.1) is 0 Å². The van der Waals surface area contributed by atoms with Crippen LogP contribution < -0.4 is 5.73 Å². The van der Waals surface area contributed by atoms with Crippen LogP contribution in [0.5, 0.6) is 0 Å². The number of halogens is 2. The zero-order valence-corrected chi connectivity index (χ0v) is 12.3. The lowest BCUT2D eigenvalue weighted by Gasteiger charge is -2.28. The van der Waals surface area contributed by atoms with Crippen LogP contribution in [0.25, 0.3) is 0 Å². The molecule has 1 fully saturated rings. The minimum absolute atomic E-state index is 0.257. The Labute approximate surface area is 120 Å². The van der Waals surface area contributed by atoms with Gasteiger partial charge in [-0.3, -0.25) is 0 Å². The number of hydrogen-bond donors (Lipinski definition) is 1. The standard InChI is InChI=1S/C17H25F2N/c1-2-4-13-5-3-9-17(20,10-8-13)12-14-6-7-15(18)16(19)11-14/h6-7,11,13H,2-5,8-10,12,20H2,1H3. The maximum absolute atomic E-state index is 13.3. The molecule has 0 bridgehead atoms.